The van der Waals surface area contributed by atoms with Crippen LogP contribution in [-0.4, -0.2) is 51.2 Å². The Morgan fingerprint density at radius 1 is 1.52 bits per heavy atom. The van der Waals surface area contributed by atoms with Crippen molar-refractivity contribution < 1.29 is 19.4 Å². The van der Waals surface area contributed by atoms with Gasteiger partial charge >= 0.3 is 5.97 Å². The summed E-state index contributed by atoms with van der Waals surface area (Å²) in [6, 6.07) is 3.45. The molecule has 1 saturated heterocycles. The molecular formula is C16H18N4O4S. The van der Waals surface area contributed by atoms with E-state index in [1.807, 2.05) is 6.07 Å². The van der Waals surface area contributed by atoms with Gasteiger partial charge in [-0.05, 0) is 32.5 Å². The molecule has 0 bridgehead atoms. The second kappa shape index (κ2) is 7.03. The van der Waals surface area contributed by atoms with E-state index in [1.165, 1.54) is 24.3 Å². The molecule has 1 fully saturated rings. The molecule has 0 radical (unpaired) electrons. The van der Waals surface area contributed by atoms with E-state index in [0.29, 0.717) is 18.7 Å². The summed E-state index contributed by atoms with van der Waals surface area (Å²) >= 11 is 5.44. The molecule has 2 rings (SSSR count). The smallest absolute Gasteiger partial charge is 0.303 e. The minimum atomic E-state index is -0.906. The number of aliphatic carboxylic acids is 1. The maximum absolute atomic E-state index is 12.8. The highest BCUT2D eigenvalue weighted by Crippen LogP contribution is 2.34. The molecule has 1 N–H and O–H groups in total. The number of thiocarbonyl (C=S) groups is 1. The standard InChI is InChI=1S/C16H18N4O4S/c1-16(2)14(23)20(15(25)19(16)6-4-5-13(21)22)10-7-12(24-3)11(8-17)18-9-10/h7,9H,4-6H2,1-3H3,(H,21,22). The first kappa shape index (κ1) is 18.6. The highest BCUT2D eigenvalue weighted by Gasteiger charge is 2.49. The molecule has 132 valence electrons. The molecule has 1 aliphatic rings. The number of nitriles is 1. The lowest BCUT2D eigenvalue weighted by Crippen LogP contribution is -2.44. The second-order valence-corrected chi connectivity index (χ2v) is 6.35. The van der Waals surface area contributed by atoms with Crippen LogP contribution in [0.5, 0.6) is 5.75 Å². The third-order valence-electron chi connectivity index (χ3n) is 4.02. The van der Waals surface area contributed by atoms with E-state index in [9.17, 15) is 9.59 Å². The van der Waals surface area contributed by atoms with Crippen LogP contribution in [0.3, 0.4) is 0 Å². The fraction of sp³-hybridized carbons (Fsp3) is 0.438. The number of hydrogen-bond acceptors (Lipinski definition) is 6. The van der Waals surface area contributed by atoms with Gasteiger partial charge in [-0.15, -0.1) is 0 Å². The van der Waals surface area contributed by atoms with Crippen molar-refractivity contribution in [2.45, 2.75) is 32.2 Å². The van der Waals surface area contributed by atoms with Gasteiger partial charge in [0.2, 0.25) is 0 Å². The predicted octanol–water partition coefficient (Wildman–Crippen LogP) is 1.54. The number of carbonyl (C=O) groups excluding carboxylic acids is 1. The van der Waals surface area contributed by atoms with Gasteiger partial charge < -0.3 is 14.7 Å². The van der Waals surface area contributed by atoms with E-state index in [4.69, 9.17) is 27.3 Å². The number of carboxylic acid groups (broad SMARTS) is 1. The molecule has 2 heterocycles. The van der Waals surface area contributed by atoms with Crippen LogP contribution in [0.2, 0.25) is 0 Å². The molecule has 8 nitrogen and oxygen atoms in total. The molecule has 0 atom stereocenters. The largest absolute Gasteiger partial charge is 0.494 e. The minimum absolute atomic E-state index is 0.00434. The SMILES string of the molecule is COc1cc(N2C(=O)C(C)(C)N(CCCC(=O)O)C2=S)cnc1C#N. The Labute approximate surface area is 150 Å². The van der Waals surface area contributed by atoms with Gasteiger partial charge in [-0.2, -0.15) is 5.26 Å². The number of methoxy groups -OCH3 is 1. The number of nitrogens with zero attached hydrogens (tertiary/aromatic N) is 4. The second-order valence-electron chi connectivity index (χ2n) is 5.99. The Morgan fingerprint density at radius 3 is 2.76 bits per heavy atom. The quantitative estimate of drug-likeness (QED) is 0.760. The van der Waals surface area contributed by atoms with Crippen molar-refractivity contribution in [3.8, 4) is 11.8 Å². The number of rotatable bonds is 6. The monoisotopic (exact) mass is 362 g/mol. The summed E-state index contributed by atoms with van der Waals surface area (Å²) in [4.78, 5) is 30.6. The molecule has 0 saturated carbocycles. The number of amides is 1. The van der Waals surface area contributed by atoms with E-state index in [0.717, 1.165) is 0 Å². The average Bonchev–Trinajstić information content (AvgIpc) is 2.73. The summed E-state index contributed by atoms with van der Waals surface area (Å²) in [6.45, 7) is 3.81. The van der Waals surface area contributed by atoms with Crippen LogP contribution in [0.1, 0.15) is 32.4 Å². The minimum Gasteiger partial charge on any atom is -0.494 e. The molecule has 1 aromatic heterocycles. The van der Waals surface area contributed by atoms with Crippen LogP contribution < -0.4 is 9.64 Å². The van der Waals surface area contributed by atoms with Gasteiger partial charge in [-0.1, -0.05) is 0 Å². The lowest BCUT2D eigenvalue weighted by Gasteiger charge is -2.29. The van der Waals surface area contributed by atoms with Gasteiger partial charge in [0.1, 0.15) is 11.6 Å². The van der Waals surface area contributed by atoms with Crippen molar-refractivity contribution >= 4 is 34.9 Å². The van der Waals surface area contributed by atoms with E-state index >= 15 is 0 Å². The van der Waals surface area contributed by atoms with Crippen LogP contribution in [-0.2, 0) is 9.59 Å². The highest BCUT2D eigenvalue weighted by atomic mass is 32.1. The molecule has 1 amide bonds. The molecule has 0 spiro atoms. The van der Waals surface area contributed by atoms with Crippen molar-refractivity contribution in [1.29, 1.82) is 5.26 Å². The Bertz CT molecular complexity index is 772. The summed E-state index contributed by atoms with van der Waals surface area (Å²) in [5.41, 5.74) is -0.391. The van der Waals surface area contributed by atoms with Crippen LogP contribution in [0.15, 0.2) is 12.3 Å². The van der Waals surface area contributed by atoms with Gasteiger partial charge in [0.25, 0.3) is 5.91 Å². The number of carboxylic acids is 1. The topological polar surface area (TPSA) is 107 Å². The number of hydrogen-bond donors (Lipinski definition) is 1. The Kier molecular flexibility index (Phi) is 5.23. The Morgan fingerprint density at radius 2 is 2.20 bits per heavy atom. The van der Waals surface area contributed by atoms with Crippen molar-refractivity contribution in [3.05, 3.63) is 18.0 Å². The van der Waals surface area contributed by atoms with Gasteiger partial charge in [0.05, 0.1) is 19.0 Å². The van der Waals surface area contributed by atoms with Gasteiger partial charge in [0.15, 0.2) is 16.6 Å². The molecule has 25 heavy (non-hydrogen) atoms. The fourth-order valence-corrected chi connectivity index (χ4v) is 3.13. The Hall–Kier alpha value is -2.73. The van der Waals surface area contributed by atoms with Crippen molar-refractivity contribution in [2.75, 3.05) is 18.6 Å². The van der Waals surface area contributed by atoms with Gasteiger partial charge in [0, 0.05) is 19.0 Å². The zero-order valence-corrected chi connectivity index (χ0v) is 15.0. The molecule has 0 aromatic carbocycles. The average molecular weight is 362 g/mol. The first-order valence-electron chi connectivity index (χ1n) is 7.56. The van der Waals surface area contributed by atoms with E-state index in [-0.39, 0.29) is 28.9 Å². The van der Waals surface area contributed by atoms with E-state index < -0.39 is 11.5 Å². The molecule has 9 heteroatoms. The Balaban J connectivity index is 2.33. The molecule has 0 aliphatic carbocycles. The van der Waals surface area contributed by atoms with Crippen molar-refractivity contribution in [2.24, 2.45) is 0 Å². The van der Waals surface area contributed by atoms with Crippen molar-refractivity contribution in [1.82, 2.24) is 9.88 Å². The van der Waals surface area contributed by atoms with Crippen molar-refractivity contribution in [3.63, 3.8) is 0 Å². The van der Waals surface area contributed by atoms with Gasteiger partial charge in [-0.3, -0.25) is 14.5 Å². The molecule has 1 aliphatic heterocycles. The maximum atomic E-state index is 12.8. The lowest BCUT2D eigenvalue weighted by atomic mass is 10.0. The summed E-state index contributed by atoms with van der Waals surface area (Å²) in [6.07, 6.45) is 1.76. The van der Waals surface area contributed by atoms with Gasteiger partial charge in [-0.25, -0.2) is 4.98 Å². The number of anilines is 1. The lowest BCUT2D eigenvalue weighted by molar-refractivity contribution is -0.137. The number of ether oxygens (including phenoxy) is 1. The molecular weight excluding hydrogens is 344 g/mol. The predicted molar refractivity (Wildman–Crippen MR) is 93.2 cm³/mol. The van der Waals surface area contributed by atoms with Crippen LogP contribution in [0.4, 0.5) is 5.69 Å². The number of pyridine rings is 1. The van der Waals surface area contributed by atoms with E-state index in [1.54, 1.807) is 18.7 Å². The highest BCUT2D eigenvalue weighted by molar-refractivity contribution is 7.80. The molecule has 1 aromatic rings. The third-order valence-corrected chi connectivity index (χ3v) is 4.42. The summed E-state index contributed by atoms with van der Waals surface area (Å²) < 4.78 is 5.13. The third kappa shape index (κ3) is 3.39. The molecule has 0 unspecified atom stereocenters. The summed E-state index contributed by atoms with van der Waals surface area (Å²) in [5, 5.41) is 18.1. The number of carbonyl (C=O) groups is 2. The van der Waals surface area contributed by atoms with Crippen LogP contribution >= 0.6 is 12.2 Å². The van der Waals surface area contributed by atoms with Crippen LogP contribution in [0, 0.1) is 11.3 Å². The normalized spacial score (nSPS) is 16.1. The summed E-state index contributed by atoms with van der Waals surface area (Å²) in [7, 11) is 1.41. The zero-order valence-electron chi connectivity index (χ0n) is 14.1. The maximum Gasteiger partial charge on any atom is 0.303 e. The summed E-state index contributed by atoms with van der Waals surface area (Å²) in [5.74, 6) is -0.897. The number of aromatic nitrogens is 1. The van der Waals surface area contributed by atoms with Crippen LogP contribution in [0.25, 0.3) is 0 Å². The zero-order chi connectivity index (χ0) is 18.8. The van der Waals surface area contributed by atoms with E-state index in [2.05, 4.69) is 4.98 Å². The first-order valence-corrected chi connectivity index (χ1v) is 7.97. The first-order chi connectivity index (χ1) is 11.7. The fourth-order valence-electron chi connectivity index (χ4n) is 2.62.